The number of esters is 2. The van der Waals surface area contributed by atoms with Crippen molar-refractivity contribution in [3.63, 3.8) is 0 Å². The van der Waals surface area contributed by atoms with E-state index in [0.717, 1.165) is 4.90 Å². The van der Waals surface area contributed by atoms with Crippen LogP contribution in [0, 0.1) is 0 Å². The van der Waals surface area contributed by atoms with E-state index in [1.165, 1.54) is 25.6 Å². The molecule has 7 nitrogen and oxygen atoms in total. The molecule has 0 bridgehead atoms. The van der Waals surface area contributed by atoms with Gasteiger partial charge in [0.25, 0.3) is 0 Å². The minimum absolute atomic E-state index is 0.202. The number of rotatable bonds is 5. The van der Waals surface area contributed by atoms with Gasteiger partial charge < -0.3 is 24.4 Å². The van der Waals surface area contributed by atoms with Gasteiger partial charge in [-0.25, -0.2) is 0 Å². The molecule has 1 aliphatic rings. The number of aliphatic hydroxyl groups excluding tert-OH is 2. The number of hydrogen-bond donors (Lipinski definition) is 2. The van der Waals surface area contributed by atoms with Crippen LogP contribution in [0.15, 0.2) is 35.2 Å². The maximum absolute atomic E-state index is 11.3. The van der Waals surface area contributed by atoms with Gasteiger partial charge in [0.2, 0.25) is 0 Å². The fourth-order valence-corrected chi connectivity index (χ4v) is 3.42. The predicted octanol–water partition coefficient (Wildman–Crippen LogP) is 0.720. The van der Waals surface area contributed by atoms with Gasteiger partial charge in [-0.15, -0.1) is 0 Å². The van der Waals surface area contributed by atoms with Gasteiger partial charge in [0.1, 0.15) is 30.4 Å². The van der Waals surface area contributed by atoms with Crippen molar-refractivity contribution in [2.24, 2.45) is 0 Å². The van der Waals surface area contributed by atoms with Crippen molar-refractivity contribution >= 4 is 23.7 Å². The van der Waals surface area contributed by atoms with Crippen molar-refractivity contribution < 1.29 is 34.0 Å². The second-order valence-electron chi connectivity index (χ2n) is 5.33. The number of thioether (sulfide) groups is 1. The molecule has 1 saturated heterocycles. The van der Waals surface area contributed by atoms with Crippen LogP contribution >= 0.6 is 11.8 Å². The van der Waals surface area contributed by atoms with E-state index in [2.05, 4.69) is 0 Å². The Bertz CT molecular complexity index is 563. The Kier molecular flexibility index (Phi) is 6.61. The highest BCUT2D eigenvalue weighted by atomic mass is 32.2. The molecule has 0 radical (unpaired) electrons. The minimum Gasteiger partial charge on any atom is -0.463 e. The summed E-state index contributed by atoms with van der Waals surface area (Å²) in [5.74, 6) is -1.11. The monoisotopic (exact) mass is 356 g/mol. The van der Waals surface area contributed by atoms with Gasteiger partial charge in [0.15, 0.2) is 6.10 Å². The summed E-state index contributed by atoms with van der Waals surface area (Å²) in [5, 5.41) is 20.5. The van der Waals surface area contributed by atoms with Gasteiger partial charge in [-0.1, -0.05) is 30.0 Å². The molecule has 0 spiro atoms. The Balaban J connectivity index is 2.16. The fraction of sp³-hybridized carbons (Fsp3) is 0.500. The first-order valence-electron chi connectivity index (χ1n) is 7.42. The Morgan fingerprint density at radius 3 is 2.38 bits per heavy atom. The lowest BCUT2D eigenvalue weighted by Gasteiger charge is -2.41. The van der Waals surface area contributed by atoms with E-state index in [1.54, 1.807) is 0 Å². The van der Waals surface area contributed by atoms with E-state index in [-0.39, 0.29) is 6.61 Å². The molecule has 2 rings (SSSR count). The van der Waals surface area contributed by atoms with Crippen molar-refractivity contribution in [1.29, 1.82) is 0 Å². The highest BCUT2D eigenvalue weighted by Gasteiger charge is 2.47. The molecule has 1 aromatic rings. The SMILES string of the molecule is CC(=O)OC[C@H]1O[C@@H](Sc2ccccc2)[C@H](OC(C)=O)[C@@H](O)[C@@H]1O. The lowest BCUT2D eigenvalue weighted by Crippen LogP contribution is -2.59. The fourth-order valence-electron chi connectivity index (χ4n) is 2.29. The topological polar surface area (TPSA) is 102 Å². The maximum atomic E-state index is 11.3. The molecule has 8 heteroatoms. The number of aliphatic hydroxyl groups is 2. The van der Waals surface area contributed by atoms with Gasteiger partial charge in [0, 0.05) is 18.7 Å². The molecule has 1 fully saturated rings. The van der Waals surface area contributed by atoms with Crippen LogP contribution in [0.3, 0.4) is 0 Å². The zero-order chi connectivity index (χ0) is 17.7. The molecule has 5 atom stereocenters. The number of benzene rings is 1. The van der Waals surface area contributed by atoms with Crippen LogP contribution in [0.5, 0.6) is 0 Å². The van der Waals surface area contributed by atoms with E-state index >= 15 is 0 Å². The average Bonchev–Trinajstić information content (AvgIpc) is 2.53. The number of ether oxygens (including phenoxy) is 3. The third-order valence-corrected chi connectivity index (χ3v) is 4.55. The summed E-state index contributed by atoms with van der Waals surface area (Å²) >= 11 is 1.25. The first kappa shape index (κ1) is 18.7. The van der Waals surface area contributed by atoms with Crippen LogP contribution in [0.2, 0.25) is 0 Å². The Morgan fingerprint density at radius 2 is 1.79 bits per heavy atom. The first-order valence-corrected chi connectivity index (χ1v) is 8.30. The van der Waals surface area contributed by atoms with E-state index in [4.69, 9.17) is 14.2 Å². The molecule has 1 aromatic carbocycles. The molecule has 0 aliphatic carbocycles. The highest BCUT2D eigenvalue weighted by Crippen LogP contribution is 2.35. The molecule has 1 aliphatic heterocycles. The second kappa shape index (κ2) is 8.48. The molecule has 2 N–H and O–H groups in total. The second-order valence-corrected chi connectivity index (χ2v) is 6.50. The smallest absolute Gasteiger partial charge is 0.303 e. The number of hydrogen-bond acceptors (Lipinski definition) is 8. The molecule has 0 saturated carbocycles. The third kappa shape index (κ3) is 4.94. The zero-order valence-electron chi connectivity index (χ0n) is 13.3. The van der Waals surface area contributed by atoms with Gasteiger partial charge in [-0.3, -0.25) is 9.59 Å². The van der Waals surface area contributed by atoms with E-state index in [0.29, 0.717) is 0 Å². The van der Waals surface area contributed by atoms with Crippen molar-refractivity contribution in [2.75, 3.05) is 6.61 Å². The lowest BCUT2D eigenvalue weighted by molar-refractivity contribution is -0.220. The summed E-state index contributed by atoms with van der Waals surface area (Å²) in [7, 11) is 0. The number of carbonyl (C=O) groups is 2. The van der Waals surface area contributed by atoms with E-state index in [9.17, 15) is 19.8 Å². The van der Waals surface area contributed by atoms with E-state index in [1.807, 2.05) is 30.3 Å². The molecule has 132 valence electrons. The van der Waals surface area contributed by atoms with Crippen LogP contribution in [0.1, 0.15) is 13.8 Å². The molecule has 24 heavy (non-hydrogen) atoms. The Morgan fingerprint density at radius 1 is 1.12 bits per heavy atom. The van der Waals surface area contributed by atoms with Gasteiger partial charge in [-0.05, 0) is 12.1 Å². The Hall–Kier alpha value is -1.61. The van der Waals surface area contributed by atoms with Crippen LogP contribution in [-0.2, 0) is 23.8 Å². The molecular weight excluding hydrogens is 336 g/mol. The quantitative estimate of drug-likeness (QED) is 0.744. The van der Waals surface area contributed by atoms with Crippen molar-refractivity contribution in [3.05, 3.63) is 30.3 Å². The Labute approximate surface area is 143 Å². The molecule has 0 aromatic heterocycles. The van der Waals surface area contributed by atoms with Gasteiger partial charge in [0.05, 0.1) is 0 Å². The summed E-state index contributed by atoms with van der Waals surface area (Å²) < 4.78 is 15.7. The van der Waals surface area contributed by atoms with Crippen LogP contribution in [-0.4, -0.2) is 58.6 Å². The average molecular weight is 356 g/mol. The summed E-state index contributed by atoms with van der Waals surface area (Å²) in [4.78, 5) is 23.1. The van der Waals surface area contributed by atoms with Crippen molar-refractivity contribution in [2.45, 2.75) is 48.6 Å². The normalized spacial score (nSPS) is 29.8. The molecular formula is C16H20O7S. The number of carbonyl (C=O) groups excluding carboxylic acids is 2. The summed E-state index contributed by atoms with van der Waals surface area (Å²) in [6.45, 7) is 2.25. The third-order valence-electron chi connectivity index (χ3n) is 3.39. The van der Waals surface area contributed by atoms with E-state index < -0.39 is 41.8 Å². The summed E-state index contributed by atoms with van der Waals surface area (Å²) in [6.07, 6.45) is -4.67. The van der Waals surface area contributed by atoms with Crippen LogP contribution in [0.25, 0.3) is 0 Å². The van der Waals surface area contributed by atoms with Crippen molar-refractivity contribution in [3.8, 4) is 0 Å². The highest BCUT2D eigenvalue weighted by molar-refractivity contribution is 7.99. The first-order chi connectivity index (χ1) is 11.4. The molecule has 0 unspecified atom stereocenters. The minimum atomic E-state index is -1.36. The lowest BCUT2D eigenvalue weighted by atomic mass is 10.00. The van der Waals surface area contributed by atoms with Gasteiger partial charge >= 0.3 is 11.9 Å². The zero-order valence-corrected chi connectivity index (χ0v) is 14.1. The summed E-state index contributed by atoms with van der Waals surface area (Å²) in [5.41, 5.74) is -0.754. The predicted molar refractivity (Wildman–Crippen MR) is 85.2 cm³/mol. The molecule has 1 heterocycles. The maximum Gasteiger partial charge on any atom is 0.303 e. The van der Waals surface area contributed by atoms with Crippen LogP contribution < -0.4 is 0 Å². The van der Waals surface area contributed by atoms with Gasteiger partial charge in [-0.2, -0.15) is 0 Å². The molecule has 0 amide bonds. The standard InChI is InChI=1S/C16H20O7S/c1-9(17)21-8-12-13(19)14(20)15(22-10(2)18)16(23-12)24-11-6-4-3-5-7-11/h3-7,12-16,19-20H,8H2,1-2H3/t12-,13-,14+,15-,16+/m1/s1. The largest absolute Gasteiger partial charge is 0.463 e. The summed E-state index contributed by atoms with van der Waals surface area (Å²) in [6, 6.07) is 9.23. The van der Waals surface area contributed by atoms with Crippen LogP contribution in [0.4, 0.5) is 0 Å². The van der Waals surface area contributed by atoms with Crippen molar-refractivity contribution in [1.82, 2.24) is 0 Å².